The molecule has 134 valence electrons. The second-order valence-electron chi connectivity index (χ2n) is 6.06. The summed E-state index contributed by atoms with van der Waals surface area (Å²) in [4.78, 5) is 11.9. The number of anilines is 1. The zero-order chi connectivity index (χ0) is 17.6. The quantitative estimate of drug-likeness (QED) is 0.692. The van der Waals surface area contributed by atoms with E-state index in [1.54, 1.807) is 0 Å². The summed E-state index contributed by atoms with van der Waals surface area (Å²) in [5.41, 5.74) is 4.69. The molecule has 0 atom stereocenters. The maximum Gasteiger partial charge on any atom is 0.422 e. The molecule has 0 aliphatic heterocycles. The molecule has 1 fully saturated rings. The van der Waals surface area contributed by atoms with E-state index in [-0.39, 0.29) is 18.1 Å². The van der Waals surface area contributed by atoms with E-state index in [1.165, 1.54) is 24.3 Å². The van der Waals surface area contributed by atoms with Crippen molar-refractivity contribution in [3.63, 3.8) is 0 Å². The number of hydrogen-bond donors (Lipinski definition) is 3. The molecular weight excluding hydrogens is 325 g/mol. The SMILES string of the molecule is O=C(CC1(O)CCCCC1)NNc1ccc(OCC(F)(F)F)cc1. The molecule has 0 aromatic heterocycles. The van der Waals surface area contributed by atoms with Crippen molar-refractivity contribution in [2.75, 3.05) is 12.0 Å². The summed E-state index contributed by atoms with van der Waals surface area (Å²) in [5, 5.41) is 10.3. The maximum absolute atomic E-state index is 12.0. The van der Waals surface area contributed by atoms with Crippen LogP contribution in [0.4, 0.5) is 18.9 Å². The Morgan fingerprint density at radius 2 is 1.79 bits per heavy atom. The Labute approximate surface area is 138 Å². The Balaban J connectivity index is 1.76. The first kappa shape index (κ1) is 18.4. The lowest BCUT2D eigenvalue weighted by molar-refractivity contribution is -0.153. The molecule has 1 aliphatic carbocycles. The molecule has 1 amide bonds. The van der Waals surface area contributed by atoms with Crippen LogP contribution in [0.15, 0.2) is 24.3 Å². The Bertz CT molecular complexity index is 540. The van der Waals surface area contributed by atoms with Crippen LogP contribution >= 0.6 is 0 Å². The van der Waals surface area contributed by atoms with Gasteiger partial charge in [-0.1, -0.05) is 19.3 Å². The lowest BCUT2D eigenvalue weighted by Gasteiger charge is -2.31. The van der Waals surface area contributed by atoms with E-state index >= 15 is 0 Å². The highest BCUT2D eigenvalue weighted by molar-refractivity contribution is 5.78. The summed E-state index contributed by atoms with van der Waals surface area (Å²) in [6.07, 6.45) is -0.230. The number of carbonyl (C=O) groups is 1. The van der Waals surface area contributed by atoms with Crippen LogP contribution in [0.25, 0.3) is 0 Å². The van der Waals surface area contributed by atoms with Gasteiger partial charge in [-0.05, 0) is 37.1 Å². The number of hydrogen-bond acceptors (Lipinski definition) is 4. The van der Waals surface area contributed by atoms with E-state index < -0.39 is 18.4 Å². The lowest BCUT2D eigenvalue weighted by atomic mass is 9.82. The molecule has 0 spiro atoms. The third-order valence-corrected chi connectivity index (χ3v) is 3.88. The molecular formula is C16H21F3N2O3. The van der Waals surface area contributed by atoms with Crippen molar-refractivity contribution in [1.29, 1.82) is 0 Å². The van der Waals surface area contributed by atoms with Crippen molar-refractivity contribution < 1.29 is 27.8 Å². The number of alkyl halides is 3. The molecule has 0 heterocycles. The fourth-order valence-corrected chi connectivity index (χ4v) is 2.67. The Morgan fingerprint density at radius 1 is 1.17 bits per heavy atom. The number of halogens is 3. The van der Waals surface area contributed by atoms with Crippen molar-refractivity contribution in [2.45, 2.75) is 50.3 Å². The number of nitrogens with one attached hydrogen (secondary N) is 2. The number of rotatable bonds is 6. The van der Waals surface area contributed by atoms with Crippen molar-refractivity contribution >= 4 is 11.6 Å². The molecule has 0 unspecified atom stereocenters. The third kappa shape index (κ3) is 6.27. The molecule has 5 nitrogen and oxygen atoms in total. The molecule has 1 aliphatic rings. The van der Waals surface area contributed by atoms with Gasteiger partial charge in [0.2, 0.25) is 5.91 Å². The van der Waals surface area contributed by atoms with Crippen LogP contribution in [0.5, 0.6) is 5.75 Å². The molecule has 0 saturated heterocycles. The molecule has 2 rings (SSSR count). The van der Waals surface area contributed by atoms with Gasteiger partial charge in [-0.15, -0.1) is 0 Å². The fraction of sp³-hybridized carbons (Fsp3) is 0.562. The number of amides is 1. The van der Waals surface area contributed by atoms with E-state index in [9.17, 15) is 23.1 Å². The normalized spacial score (nSPS) is 17.2. The van der Waals surface area contributed by atoms with Gasteiger partial charge in [0.25, 0.3) is 0 Å². The summed E-state index contributed by atoms with van der Waals surface area (Å²) in [6.45, 7) is -1.35. The summed E-state index contributed by atoms with van der Waals surface area (Å²) in [7, 11) is 0. The van der Waals surface area contributed by atoms with Crippen molar-refractivity contribution in [1.82, 2.24) is 5.43 Å². The Kier molecular flexibility index (Phi) is 5.93. The minimum absolute atomic E-state index is 0.0206. The summed E-state index contributed by atoms with van der Waals surface area (Å²) < 4.78 is 40.7. The van der Waals surface area contributed by atoms with Gasteiger partial charge in [0.15, 0.2) is 6.61 Å². The Morgan fingerprint density at radius 3 is 2.38 bits per heavy atom. The average molecular weight is 346 g/mol. The number of hydrazine groups is 1. The van der Waals surface area contributed by atoms with Crippen LogP contribution in [0.1, 0.15) is 38.5 Å². The van der Waals surface area contributed by atoms with Gasteiger partial charge >= 0.3 is 6.18 Å². The zero-order valence-corrected chi connectivity index (χ0v) is 13.2. The number of aliphatic hydroxyl groups is 1. The van der Waals surface area contributed by atoms with Crippen molar-refractivity contribution in [3.05, 3.63) is 24.3 Å². The van der Waals surface area contributed by atoms with Crippen LogP contribution in [0.3, 0.4) is 0 Å². The molecule has 3 N–H and O–H groups in total. The molecule has 24 heavy (non-hydrogen) atoms. The predicted octanol–water partition coefficient (Wildman–Crippen LogP) is 3.16. The van der Waals surface area contributed by atoms with Crippen LogP contribution in [0.2, 0.25) is 0 Å². The van der Waals surface area contributed by atoms with E-state index in [4.69, 9.17) is 0 Å². The van der Waals surface area contributed by atoms with E-state index in [2.05, 4.69) is 15.6 Å². The molecule has 0 bridgehead atoms. The highest BCUT2D eigenvalue weighted by Gasteiger charge is 2.31. The lowest BCUT2D eigenvalue weighted by Crippen LogP contribution is -2.40. The zero-order valence-electron chi connectivity index (χ0n) is 13.2. The molecule has 0 radical (unpaired) electrons. The molecule has 1 aromatic carbocycles. The van der Waals surface area contributed by atoms with E-state index in [0.29, 0.717) is 18.5 Å². The molecule has 8 heteroatoms. The average Bonchev–Trinajstić information content (AvgIpc) is 2.51. The van der Waals surface area contributed by atoms with Crippen LogP contribution in [-0.2, 0) is 4.79 Å². The number of ether oxygens (including phenoxy) is 1. The van der Waals surface area contributed by atoms with Crippen molar-refractivity contribution in [3.8, 4) is 5.75 Å². The maximum atomic E-state index is 12.0. The van der Waals surface area contributed by atoms with Gasteiger partial charge in [-0.3, -0.25) is 15.6 Å². The third-order valence-electron chi connectivity index (χ3n) is 3.88. The molecule has 1 aromatic rings. The summed E-state index contributed by atoms with van der Waals surface area (Å²) in [6, 6.07) is 5.71. The van der Waals surface area contributed by atoms with Crippen LogP contribution < -0.4 is 15.6 Å². The van der Waals surface area contributed by atoms with Crippen LogP contribution in [0, 0.1) is 0 Å². The highest BCUT2D eigenvalue weighted by Crippen LogP contribution is 2.30. The fourth-order valence-electron chi connectivity index (χ4n) is 2.67. The first-order valence-corrected chi connectivity index (χ1v) is 7.83. The largest absolute Gasteiger partial charge is 0.484 e. The predicted molar refractivity (Wildman–Crippen MR) is 82.4 cm³/mol. The molecule has 1 saturated carbocycles. The van der Waals surface area contributed by atoms with E-state index in [1.807, 2.05) is 0 Å². The number of benzene rings is 1. The topological polar surface area (TPSA) is 70.6 Å². The summed E-state index contributed by atoms with van der Waals surface area (Å²) in [5.74, 6) is -0.252. The first-order valence-electron chi connectivity index (χ1n) is 7.83. The van der Waals surface area contributed by atoms with Gasteiger partial charge in [-0.2, -0.15) is 13.2 Å². The second kappa shape index (κ2) is 7.74. The van der Waals surface area contributed by atoms with Crippen molar-refractivity contribution in [2.24, 2.45) is 0 Å². The monoisotopic (exact) mass is 346 g/mol. The minimum atomic E-state index is -4.38. The second-order valence-corrected chi connectivity index (χ2v) is 6.06. The van der Waals surface area contributed by atoms with Gasteiger partial charge in [-0.25, -0.2) is 0 Å². The summed E-state index contributed by atoms with van der Waals surface area (Å²) >= 11 is 0. The van der Waals surface area contributed by atoms with Gasteiger partial charge in [0.1, 0.15) is 5.75 Å². The first-order chi connectivity index (χ1) is 11.3. The highest BCUT2D eigenvalue weighted by atomic mass is 19.4. The number of carbonyl (C=O) groups excluding carboxylic acids is 1. The smallest absolute Gasteiger partial charge is 0.422 e. The van der Waals surface area contributed by atoms with Gasteiger partial charge < -0.3 is 9.84 Å². The van der Waals surface area contributed by atoms with E-state index in [0.717, 1.165) is 19.3 Å². The van der Waals surface area contributed by atoms with Gasteiger partial charge in [0, 0.05) is 0 Å². The van der Waals surface area contributed by atoms with Crippen LogP contribution in [-0.4, -0.2) is 29.4 Å². The standard InChI is InChI=1S/C16H21F3N2O3/c17-16(18,19)11-24-13-6-4-12(5-7-13)20-21-14(22)10-15(23)8-2-1-3-9-15/h4-7,20,23H,1-3,8-11H2,(H,21,22). The van der Waals surface area contributed by atoms with Gasteiger partial charge in [0.05, 0.1) is 17.7 Å². The Hall–Kier alpha value is -1.96. The minimum Gasteiger partial charge on any atom is -0.484 e.